The van der Waals surface area contributed by atoms with E-state index in [0.717, 1.165) is 11.5 Å². The highest BCUT2D eigenvalue weighted by atomic mass is 35.5. The van der Waals surface area contributed by atoms with E-state index in [9.17, 15) is 4.79 Å². The van der Waals surface area contributed by atoms with E-state index in [1.807, 2.05) is 31.0 Å². The molecule has 3 aromatic rings. The Bertz CT molecular complexity index is 860. The number of carbonyl (C=O) groups is 1. The third kappa shape index (κ3) is 4.46. The first-order valence-corrected chi connectivity index (χ1v) is 8.07. The van der Waals surface area contributed by atoms with Crippen LogP contribution in [-0.2, 0) is 11.3 Å². The van der Waals surface area contributed by atoms with E-state index in [1.54, 1.807) is 29.2 Å². The summed E-state index contributed by atoms with van der Waals surface area (Å²) in [6.07, 6.45) is 2.99. The number of amides is 1. The second kappa shape index (κ2) is 7.50. The molecule has 25 heavy (non-hydrogen) atoms. The van der Waals surface area contributed by atoms with Crippen molar-refractivity contribution in [2.24, 2.45) is 0 Å². The zero-order valence-electron chi connectivity index (χ0n) is 13.9. The van der Waals surface area contributed by atoms with Gasteiger partial charge in [-0.1, -0.05) is 11.6 Å². The monoisotopic (exact) mass is 359 g/mol. The van der Waals surface area contributed by atoms with Crippen molar-refractivity contribution in [2.75, 3.05) is 18.9 Å². The molecule has 0 saturated heterocycles. The van der Waals surface area contributed by atoms with Crippen LogP contribution in [0.25, 0.3) is 5.69 Å². The number of furan rings is 1. The van der Waals surface area contributed by atoms with Gasteiger partial charge in [0.15, 0.2) is 0 Å². The standard InChI is InChI=1S/C17H18ClN5O2/c1-12-3-5-14(25-12)8-22(2)9-17(24)21-15-7-13(18)4-6-16(15)23-11-19-10-20-23/h3-7,10-11H,8-9H2,1-2H3,(H,21,24). The van der Waals surface area contributed by atoms with Gasteiger partial charge in [-0.05, 0) is 44.3 Å². The minimum atomic E-state index is -0.158. The number of halogens is 1. The molecule has 0 aliphatic carbocycles. The SMILES string of the molecule is Cc1ccc(CN(C)CC(=O)Nc2cc(Cl)ccc2-n2cncn2)o1. The van der Waals surface area contributed by atoms with Gasteiger partial charge in [-0.3, -0.25) is 9.69 Å². The van der Waals surface area contributed by atoms with Crippen molar-refractivity contribution in [3.05, 3.63) is 59.5 Å². The molecule has 1 aromatic carbocycles. The fourth-order valence-electron chi connectivity index (χ4n) is 2.47. The van der Waals surface area contributed by atoms with E-state index in [-0.39, 0.29) is 12.5 Å². The summed E-state index contributed by atoms with van der Waals surface area (Å²) >= 11 is 6.06. The average molecular weight is 360 g/mol. The summed E-state index contributed by atoms with van der Waals surface area (Å²) in [5.74, 6) is 1.51. The Morgan fingerprint density at radius 2 is 2.20 bits per heavy atom. The van der Waals surface area contributed by atoms with Crippen LogP contribution < -0.4 is 5.32 Å². The number of hydrogen-bond acceptors (Lipinski definition) is 5. The first kappa shape index (κ1) is 17.2. The van der Waals surface area contributed by atoms with E-state index < -0.39 is 0 Å². The van der Waals surface area contributed by atoms with Crippen LogP contribution in [0.5, 0.6) is 0 Å². The van der Waals surface area contributed by atoms with Gasteiger partial charge in [0.2, 0.25) is 5.91 Å². The fraction of sp³-hybridized carbons (Fsp3) is 0.235. The van der Waals surface area contributed by atoms with E-state index in [4.69, 9.17) is 16.0 Å². The Hall–Kier alpha value is -2.64. The Labute approximate surface area is 150 Å². The van der Waals surface area contributed by atoms with E-state index in [1.165, 1.54) is 6.33 Å². The summed E-state index contributed by atoms with van der Waals surface area (Å²) in [6, 6.07) is 9.01. The Morgan fingerprint density at radius 1 is 1.36 bits per heavy atom. The van der Waals surface area contributed by atoms with Crippen molar-refractivity contribution in [1.82, 2.24) is 19.7 Å². The van der Waals surface area contributed by atoms with Gasteiger partial charge in [0.1, 0.15) is 24.2 Å². The smallest absolute Gasteiger partial charge is 0.238 e. The van der Waals surface area contributed by atoms with Crippen LogP contribution in [0.1, 0.15) is 11.5 Å². The molecule has 7 nitrogen and oxygen atoms in total. The van der Waals surface area contributed by atoms with E-state index >= 15 is 0 Å². The first-order valence-electron chi connectivity index (χ1n) is 7.69. The molecular formula is C17H18ClN5O2. The summed E-state index contributed by atoms with van der Waals surface area (Å²) in [4.78, 5) is 18.2. The van der Waals surface area contributed by atoms with Gasteiger partial charge in [0.25, 0.3) is 0 Å². The molecule has 0 unspecified atom stereocenters. The van der Waals surface area contributed by atoms with E-state index in [2.05, 4.69) is 15.4 Å². The van der Waals surface area contributed by atoms with Crippen LogP contribution >= 0.6 is 11.6 Å². The molecule has 0 radical (unpaired) electrons. The van der Waals surface area contributed by atoms with Crippen LogP contribution in [0, 0.1) is 6.92 Å². The minimum absolute atomic E-state index is 0.158. The quantitative estimate of drug-likeness (QED) is 0.732. The minimum Gasteiger partial charge on any atom is -0.465 e. The third-order valence-electron chi connectivity index (χ3n) is 3.53. The lowest BCUT2D eigenvalue weighted by Crippen LogP contribution is -2.30. The molecule has 0 saturated carbocycles. The number of anilines is 1. The molecular weight excluding hydrogens is 342 g/mol. The zero-order chi connectivity index (χ0) is 17.8. The predicted octanol–water partition coefficient (Wildman–Crippen LogP) is 2.89. The average Bonchev–Trinajstić information content (AvgIpc) is 3.19. The number of hydrogen-bond donors (Lipinski definition) is 1. The molecule has 130 valence electrons. The topological polar surface area (TPSA) is 76.2 Å². The lowest BCUT2D eigenvalue weighted by Gasteiger charge is -2.16. The summed E-state index contributed by atoms with van der Waals surface area (Å²) in [6.45, 7) is 2.65. The van der Waals surface area contributed by atoms with Gasteiger partial charge in [0, 0.05) is 5.02 Å². The number of aromatic nitrogens is 3. The number of benzene rings is 1. The Morgan fingerprint density at radius 3 is 2.88 bits per heavy atom. The number of rotatable bonds is 6. The molecule has 0 aliphatic rings. The molecule has 1 amide bonds. The molecule has 1 N–H and O–H groups in total. The Balaban J connectivity index is 1.67. The van der Waals surface area contributed by atoms with Crippen molar-refractivity contribution in [1.29, 1.82) is 0 Å². The van der Waals surface area contributed by atoms with Gasteiger partial charge in [-0.2, -0.15) is 5.10 Å². The van der Waals surface area contributed by atoms with E-state index in [0.29, 0.717) is 22.9 Å². The number of nitrogens with zero attached hydrogens (tertiary/aromatic N) is 4. The molecule has 3 rings (SSSR count). The van der Waals surface area contributed by atoms with Crippen LogP contribution in [0.4, 0.5) is 5.69 Å². The van der Waals surface area contributed by atoms with Gasteiger partial charge < -0.3 is 9.73 Å². The molecule has 0 fully saturated rings. The van der Waals surface area contributed by atoms with Crippen LogP contribution in [0.15, 0.2) is 47.4 Å². The maximum Gasteiger partial charge on any atom is 0.238 e. The van der Waals surface area contributed by atoms with Gasteiger partial charge in [0.05, 0.1) is 24.5 Å². The van der Waals surface area contributed by atoms with Crippen molar-refractivity contribution in [3.8, 4) is 5.69 Å². The summed E-state index contributed by atoms with van der Waals surface area (Å²) in [7, 11) is 1.85. The van der Waals surface area contributed by atoms with Crippen LogP contribution in [0.2, 0.25) is 5.02 Å². The summed E-state index contributed by atoms with van der Waals surface area (Å²) < 4.78 is 7.10. The molecule has 0 spiro atoms. The van der Waals surface area contributed by atoms with Crippen molar-refractivity contribution in [3.63, 3.8) is 0 Å². The molecule has 8 heteroatoms. The highest BCUT2D eigenvalue weighted by Crippen LogP contribution is 2.24. The van der Waals surface area contributed by atoms with Crippen molar-refractivity contribution < 1.29 is 9.21 Å². The van der Waals surface area contributed by atoms with Crippen molar-refractivity contribution >= 4 is 23.2 Å². The molecule has 2 aromatic heterocycles. The molecule has 0 atom stereocenters. The first-order chi connectivity index (χ1) is 12.0. The van der Waals surface area contributed by atoms with Gasteiger partial charge in [-0.25, -0.2) is 9.67 Å². The largest absolute Gasteiger partial charge is 0.465 e. The molecule has 0 aliphatic heterocycles. The highest BCUT2D eigenvalue weighted by molar-refractivity contribution is 6.31. The lowest BCUT2D eigenvalue weighted by molar-refractivity contribution is -0.117. The Kier molecular flexibility index (Phi) is 5.16. The molecule has 0 bridgehead atoms. The van der Waals surface area contributed by atoms with Crippen molar-refractivity contribution in [2.45, 2.75) is 13.5 Å². The van der Waals surface area contributed by atoms with Crippen LogP contribution in [-0.4, -0.2) is 39.2 Å². The van der Waals surface area contributed by atoms with Crippen LogP contribution in [0.3, 0.4) is 0 Å². The van der Waals surface area contributed by atoms with Gasteiger partial charge in [-0.15, -0.1) is 0 Å². The zero-order valence-corrected chi connectivity index (χ0v) is 14.7. The highest BCUT2D eigenvalue weighted by Gasteiger charge is 2.13. The second-order valence-corrected chi connectivity index (χ2v) is 6.17. The summed E-state index contributed by atoms with van der Waals surface area (Å²) in [5, 5.41) is 7.50. The number of carbonyl (C=O) groups excluding carboxylic acids is 1. The normalized spacial score (nSPS) is 11.0. The number of nitrogens with one attached hydrogen (secondary N) is 1. The second-order valence-electron chi connectivity index (χ2n) is 5.73. The summed E-state index contributed by atoms with van der Waals surface area (Å²) in [5.41, 5.74) is 1.27. The predicted molar refractivity (Wildman–Crippen MR) is 94.8 cm³/mol. The molecule has 2 heterocycles. The third-order valence-corrected chi connectivity index (χ3v) is 3.77. The lowest BCUT2D eigenvalue weighted by atomic mass is 10.2. The number of likely N-dealkylation sites (N-methyl/N-ethyl adjacent to an activating group) is 1. The maximum atomic E-state index is 12.4. The number of aryl methyl sites for hydroxylation is 1. The maximum absolute atomic E-state index is 12.4. The van der Waals surface area contributed by atoms with Gasteiger partial charge >= 0.3 is 0 Å². The fourth-order valence-corrected chi connectivity index (χ4v) is 2.64.